The molecule has 1 aromatic heterocycles. The summed E-state index contributed by atoms with van der Waals surface area (Å²) in [6.45, 7) is 5.18. The van der Waals surface area contributed by atoms with Gasteiger partial charge >= 0.3 is 0 Å². The molecule has 1 heterocycles. The van der Waals surface area contributed by atoms with E-state index < -0.39 is 0 Å². The van der Waals surface area contributed by atoms with Gasteiger partial charge in [0.15, 0.2) is 5.82 Å². The standard InChI is InChI=1S/C13H24N4O3/c1-4-20-13-11(14)12(15-10-16-13)17(7-9-19-3)6-5-8-18-2/h10H,4-9,14H2,1-3H3. The summed E-state index contributed by atoms with van der Waals surface area (Å²) in [4.78, 5) is 10.4. The molecule has 0 atom stereocenters. The molecule has 20 heavy (non-hydrogen) atoms. The van der Waals surface area contributed by atoms with Crippen LogP contribution in [0.1, 0.15) is 13.3 Å². The van der Waals surface area contributed by atoms with Crippen LogP contribution < -0.4 is 15.4 Å². The van der Waals surface area contributed by atoms with Gasteiger partial charge in [0.25, 0.3) is 0 Å². The Morgan fingerprint density at radius 2 is 1.90 bits per heavy atom. The quantitative estimate of drug-likeness (QED) is 0.640. The summed E-state index contributed by atoms with van der Waals surface area (Å²) in [5, 5.41) is 0. The Labute approximate surface area is 120 Å². The van der Waals surface area contributed by atoms with Crippen molar-refractivity contribution in [2.45, 2.75) is 13.3 Å². The molecule has 1 rings (SSSR count). The molecule has 0 unspecified atom stereocenters. The van der Waals surface area contributed by atoms with E-state index in [2.05, 4.69) is 14.9 Å². The highest BCUT2D eigenvalue weighted by molar-refractivity contribution is 5.67. The van der Waals surface area contributed by atoms with Crippen molar-refractivity contribution in [3.05, 3.63) is 6.33 Å². The molecule has 0 bridgehead atoms. The molecule has 0 aliphatic carbocycles. The Bertz CT molecular complexity index is 390. The molecule has 0 aromatic carbocycles. The van der Waals surface area contributed by atoms with Gasteiger partial charge in [0.1, 0.15) is 12.0 Å². The number of nitrogen functional groups attached to an aromatic ring is 1. The van der Waals surface area contributed by atoms with Crippen molar-refractivity contribution < 1.29 is 14.2 Å². The molecular formula is C13H24N4O3. The van der Waals surface area contributed by atoms with Crippen LogP contribution in [0.4, 0.5) is 11.5 Å². The molecule has 0 amide bonds. The van der Waals surface area contributed by atoms with Gasteiger partial charge in [0.05, 0.1) is 13.2 Å². The maximum atomic E-state index is 6.08. The normalized spacial score (nSPS) is 10.6. The fraction of sp³-hybridized carbons (Fsp3) is 0.692. The maximum absolute atomic E-state index is 6.08. The van der Waals surface area contributed by atoms with Crippen molar-refractivity contribution in [3.8, 4) is 5.88 Å². The zero-order valence-electron chi connectivity index (χ0n) is 12.5. The summed E-state index contributed by atoms with van der Waals surface area (Å²) in [6.07, 6.45) is 2.35. The summed E-state index contributed by atoms with van der Waals surface area (Å²) in [6, 6.07) is 0. The average molecular weight is 284 g/mol. The van der Waals surface area contributed by atoms with Crippen LogP contribution in [0.5, 0.6) is 5.88 Å². The highest BCUT2D eigenvalue weighted by Crippen LogP contribution is 2.27. The molecular weight excluding hydrogens is 260 g/mol. The fourth-order valence-corrected chi connectivity index (χ4v) is 1.80. The van der Waals surface area contributed by atoms with Crippen LogP contribution in [0.2, 0.25) is 0 Å². The van der Waals surface area contributed by atoms with Gasteiger partial charge < -0.3 is 24.8 Å². The SMILES string of the molecule is CCOc1ncnc(N(CCCOC)CCOC)c1N. The van der Waals surface area contributed by atoms with E-state index in [1.54, 1.807) is 14.2 Å². The van der Waals surface area contributed by atoms with Gasteiger partial charge in [0, 0.05) is 33.9 Å². The minimum Gasteiger partial charge on any atom is -0.476 e. The van der Waals surface area contributed by atoms with E-state index in [-0.39, 0.29) is 0 Å². The Kier molecular flexibility index (Phi) is 7.67. The first-order valence-electron chi connectivity index (χ1n) is 6.70. The molecule has 1 aromatic rings. The van der Waals surface area contributed by atoms with E-state index in [0.717, 1.165) is 13.0 Å². The van der Waals surface area contributed by atoms with Gasteiger partial charge in [-0.05, 0) is 13.3 Å². The van der Waals surface area contributed by atoms with Gasteiger partial charge in [-0.2, -0.15) is 4.98 Å². The first-order chi connectivity index (χ1) is 9.74. The molecule has 2 N–H and O–H groups in total. The number of anilines is 2. The molecule has 0 fully saturated rings. The van der Waals surface area contributed by atoms with Crippen LogP contribution in [0.3, 0.4) is 0 Å². The molecule has 0 radical (unpaired) electrons. The Balaban J connectivity index is 2.84. The Hall–Kier alpha value is -1.60. The number of nitrogens with zero attached hydrogens (tertiary/aromatic N) is 3. The van der Waals surface area contributed by atoms with E-state index >= 15 is 0 Å². The maximum Gasteiger partial charge on any atom is 0.242 e. The second-order valence-corrected chi connectivity index (χ2v) is 4.18. The molecule has 0 saturated carbocycles. The predicted octanol–water partition coefficient (Wildman–Crippen LogP) is 0.947. The minimum absolute atomic E-state index is 0.423. The third kappa shape index (κ3) is 4.82. The number of aromatic nitrogens is 2. The second-order valence-electron chi connectivity index (χ2n) is 4.18. The van der Waals surface area contributed by atoms with Crippen molar-refractivity contribution >= 4 is 11.5 Å². The third-order valence-electron chi connectivity index (χ3n) is 2.75. The van der Waals surface area contributed by atoms with Crippen LogP contribution in [0, 0.1) is 0 Å². The van der Waals surface area contributed by atoms with Crippen molar-refractivity contribution in [2.24, 2.45) is 0 Å². The van der Waals surface area contributed by atoms with E-state index in [9.17, 15) is 0 Å². The average Bonchev–Trinajstić information content (AvgIpc) is 2.46. The largest absolute Gasteiger partial charge is 0.476 e. The zero-order chi connectivity index (χ0) is 14.8. The van der Waals surface area contributed by atoms with Crippen molar-refractivity contribution in [1.29, 1.82) is 0 Å². The van der Waals surface area contributed by atoms with Crippen LogP contribution >= 0.6 is 0 Å². The van der Waals surface area contributed by atoms with E-state index in [1.165, 1.54) is 6.33 Å². The predicted molar refractivity (Wildman–Crippen MR) is 78.2 cm³/mol. The topological polar surface area (TPSA) is 82.7 Å². The minimum atomic E-state index is 0.423. The molecule has 7 nitrogen and oxygen atoms in total. The van der Waals surface area contributed by atoms with Gasteiger partial charge in [-0.15, -0.1) is 0 Å². The van der Waals surface area contributed by atoms with Gasteiger partial charge in [-0.25, -0.2) is 4.98 Å². The van der Waals surface area contributed by atoms with Crippen molar-refractivity contribution in [2.75, 3.05) is 57.8 Å². The first-order valence-corrected chi connectivity index (χ1v) is 6.70. The zero-order valence-corrected chi connectivity index (χ0v) is 12.5. The number of rotatable bonds is 10. The first kappa shape index (κ1) is 16.5. The molecule has 7 heteroatoms. The lowest BCUT2D eigenvalue weighted by molar-refractivity contribution is 0.191. The molecule has 0 aliphatic heterocycles. The lowest BCUT2D eigenvalue weighted by atomic mass is 10.3. The van der Waals surface area contributed by atoms with Gasteiger partial charge in [-0.3, -0.25) is 0 Å². The number of methoxy groups -OCH3 is 2. The van der Waals surface area contributed by atoms with E-state index in [0.29, 0.717) is 43.8 Å². The van der Waals surface area contributed by atoms with Crippen LogP contribution in [0.15, 0.2) is 6.33 Å². The van der Waals surface area contributed by atoms with Gasteiger partial charge in [0.2, 0.25) is 5.88 Å². The van der Waals surface area contributed by atoms with E-state index in [4.69, 9.17) is 19.9 Å². The van der Waals surface area contributed by atoms with Gasteiger partial charge in [-0.1, -0.05) is 0 Å². The fourth-order valence-electron chi connectivity index (χ4n) is 1.80. The smallest absolute Gasteiger partial charge is 0.242 e. The lowest BCUT2D eigenvalue weighted by Gasteiger charge is -2.24. The lowest BCUT2D eigenvalue weighted by Crippen LogP contribution is -2.30. The Morgan fingerprint density at radius 1 is 1.15 bits per heavy atom. The second kappa shape index (κ2) is 9.33. The van der Waals surface area contributed by atoms with Crippen molar-refractivity contribution in [3.63, 3.8) is 0 Å². The number of hydrogen-bond donors (Lipinski definition) is 1. The summed E-state index contributed by atoms with van der Waals surface area (Å²) in [5.74, 6) is 1.10. The summed E-state index contributed by atoms with van der Waals surface area (Å²) >= 11 is 0. The highest BCUT2D eigenvalue weighted by Gasteiger charge is 2.15. The molecule has 114 valence electrons. The van der Waals surface area contributed by atoms with Crippen molar-refractivity contribution in [1.82, 2.24) is 9.97 Å². The Morgan fingerprint density at radius 3 is 2.55 bits per heavy atom. The summed E-state index contributed by atoms with van der Waals surface area (Å²) in [7, 11) is 3.36. The summed E-state index contributed by atoms with van der Waals surface area (Å²) < 4.78 is 15.6. The van der Waals surface area contributed by atoms with Crippen LogP contribution in [-0.4, -0.2) is 57.1 Å². The monoisotopic (exact) mass is 284 g/mol. The number of hydrogen-bond acceptors (Lipinski definition) is 7. The molecule has 0 saturated heterocycles. The van der Waals surface area contributed by atoms with Crippen LogP contribution in [0.25, 0.3) is 0 Å². The molecule has 0 aliphatic rings. The third-order valence-corrected chi connectivity index (χ3v) is 2.75. The summed E-state index contributed by atoms with van der Waals surface area (Å²) in [5.41, 5.74) is 6.54. The number of ether oxygens (including phenoxy) is 3. The molecule has 0 spiro atoms. The van der Waals surface area contributed by atoms with E-state index in [1.807, 2.05) is 6.92 Å². The highest BCUT2D eigenvalue weighted by atomic mass is 16.5. The number of nitrogens with two attached hydrogens (primary N) is 1. The van der Waals surface area contributed by atoms with Crippen LogP contribution in [-0.2, 0) is 9.47 Å².